The zero-order chi connectivity index (χ0) is 19.4. The van der Waals surface area contributed by atoms with Gasteiger partial charge in [-0.2, -0.15) is 0 Å². The molecular formula is C20H22ClF2N3O. The van der Waals surface area contributed by atoms with Crippen molar-refractivity contribution in [3.05, 3.63) is 64.2 Å². The van der Waals surface area contributed by atoms with E-state index in [2.05, 4.69) is 10.3 Å². The molecule has 1 aromatic carbocycles. The van der Waals surface area contributed by atoms with Crippen LogP contribution in [0.3, 0.4) is 0 Å². The number of rotatable bonds is 5. The number of nitrogens with one attached hydrogen (secondary N) is 1. The summed E-state index contributed by atoms with van der Waals surface area (Å²) in [6.07, 6.45) is 2.29. The summed E-state index contributed by atoms with van der Waals surface area (Å²) in [6, 6.07) is 7.77. The van der Waals surface area contributed by atoms with Gasteiger partial charge in [-0.05, 0) is 36.8 Å². The first-order chi connectivity index (χ1) is 12.9. The van der Waals surface area contributed by atoms with Crippen LogP contribution in [-0.2, 0) is 6.54 Å². The molecule has 0 bridgehead atoms. The van der Waals surface area contributed by atoms with Gasteiger partial charge in [0, 0.05) is 50.8 Å². The third kappa shape index (κ3) is 5.02. The normalized spacial score (nSPS) is 16.4. The van der Waals surface area contributed by atoms with Crippen LogP contribution in [0.4, 0.5) is 8.78 Å². The molecule has 0 aliphatic carbocycles. The lowest BCUT2D eigenvalue weighted by Gasteiger charge is -2.36. The number of halogens is 3. The number of piperidine rings is 1. The zero-order valence-electron chi connectivity index (χ0n) is 15.1. The van der Waals surface area contributed by atoms with Crippen LogP contribution in [0.5, 0.6) is 0 Å². The Morgan fingerprint density at radius 3 is 2.67 bits per heavy atom. The third-order valence-electron chi connectivity index (χ3n) is 4.83. The van der Waals surface area contributed by atoms with Crippen molar-refractivity contribution in [3.8, 4) is 0 Å². The van der Waals surface area contributed by atoms with Crippen molar-refractivity contribution in [3.63, 3.8) is 0 Å². The van der Waals surface area contributed by atoms with Crippen LogP contribution >= 0.6 is 11.6 Å². The van der Waals surface area contributed by atoms with Gasteiger partial charge in [-0.3, -0.25) is 9.78 Å². The maximum absolute atomic E-state index is 15.0. The van der Waals surface area contributed by atoms with Crippen molar-refractivity contribution in [2.24, 2.45) is 0 Å². The molecular weight excluding hydrogens is 372 g/mol. The minimum absolute atomic E-state index is 0.0911. The van der Waals surface area contributed by atoms with Gasteiger partial charge >= 0.3 is 0 Å². The van der Waals surface area contributed by atoms with Gasteiger partial charge in [-0.15, -0.1) is 0 Å². The fourth-order valence-corrected chi connectivity index (χ4v) is 3.30. The molecule has 27 heavy (non-hydrogen) atoms. The molecule has 1 aliphatic rings. The highest BCUT2D eigenvalue weighted by atomic mass is 35.5. The maximum atomic E-state index is 15.0. The first-order valence-electron chi connectivity index (χ1n) is 8.92. The molecule has 0 unspecified atom stereocenters. The Labute approximate surface area is 162 Å². The van der Waals surface area contributed by atoms with Gasteiger partial charge in [0.2, 0.25) is 0 Å². The highest BCUT2D eigenvalue weighted by molar-refractivity contribution is 6.31. The average molecular weight is 394 g/mol. The van der Waals surface area contributed by atoms with Crippen molar-refractivity contribution in [2.45, 2.75) is 32.0 Å². The van der Waals surface area contributed by atoms with E-state index in [4.69, 9.17) is 11.6 Å². The highest BCUT2D eigenvalue weighted by Crippen LogP contribution is 2.27. The molecule has 4 nitrogen and oxygen atoms in total. The van der Waals surface area contributed by atoms with E-state index in [0.29, 0.717) is 25.2 Å². The molecule has 2 heterocycles. The second-order valence-corrected chi connectivity index (χ2v) is 7.41. The molecule has 1 saturated heterocycles. The van der Waals surface area contributed by atoms with E-state index < -0.39 is 11.5 Å². The van der Waals surface area contributed by atoms with Gasteiger partial charge in [-0.1, -0.05) is 17.7 Å². The second kappa shape index (κ2) is 8.31. The number of aromatic nitrogens is 1. The lowest BCUT2D eigenvalue weighted by Crippen LogP contribution is -2.48. The molecule has 0 spiro atoms. The topological polar surface area (TPSA) is 45.2 Å². The summed E-state index contributed by atoms with van der Waals surface area (Å²) in [5.74, 6) is -0.820. The molecule has 2 aromatic rings. The smallest absolute Gasteiger partial charge is 0.253 e. The molecule has 1 N–H and O–H groups in total. The number of hydrogen-bond donors (Lipinski definition) is 1. The molecule has 1 fully saturated rings. The summed E-state index contributed by atoms with van der Waals surface area (Å²) >= 11 is 5.74. The zero-order valence-corrected chi connectivity index (χ0v) is 15.9. The van der Waals surface area contributed by atoms with Gasteiger partial charge in [-0.25, -0.2) is 8.78 Å². The van der Waals surface area contributed by atoms with E-state index in [-0.39, 0.29) is 30.3 Å². The first kappa shape index (κ1) is 19.7. The number of pyridine rings is 1. The fourth-order valence-electron chi connectivity index (χ4n) is 3.12. The van der Waals surface area contributed by atoms with Gasteiger partial charge in [0.25, 0.3) is 5.91 Å². The number of aryl methyl sites for hydroxylation is 1. The Morgan fingerprint density at radius 1 is 1.30 bits per heavy atom. The van der Waals surface area contributed by atoms with Crippen LogP contribution in [0, 0.1) is 12.7 Å². The average Bonchev–Trinajstić information content (AvgIpc) is 2.66. The van der Waals surface area contributed by atoms with Gasteiger partial charge in [0.1, 0.15) is 11.5 Å². The number of benzene rings is 1. The van der Waals surface area contributed by atoms with Crippen LogP contribution in [0.15, 0.2) is 36.5 Å². The standard InChI is InChI=1S/C20H22ClF2N3O/c1-14-2-4-16(25-11-14)12-24-13-20(23)6-8-26(9-7-20)19(27)15-3-5-18(22)17(21)10-15/h2-5,10-11,24H,6-9,12-13H2,1H3. The van der Waals surface area contributed by atoms with Crippen LogP contribution in [0.2, 0.25) is 5.02 Å². The number of nitrogens with zero attached hydrogens (tertiary/aromatic N) is 2. The van der Waals surface area contributed by atoms with Crippen molar-refractivity contribution < 1.29 is 13.6 Å². The number of amides is 1. The summed E-state index contributed by atoms with van der Waals surface area (Å²) in [7, 11) is 0. The predicted octanol–water partition coefficient (Wildman–Crippen LogP) is 3.92. The summed E-state index contributed by atoms with van der Waals surface area (Å²) in [5.41, 5.74) is 0.906. The van der Waals surface area contributed by atoms with Crippen molar-refractivity contribution >= 4 is 17.5 Å². The Balaban J connectivity index is 1.50. The first-order valence-corrected chi connectivity index (χ1v) is 9.30. The molecule has 0 radical (unpaired) electrons. The summed E-state index contributed by atoms with van der Waals surface area (Å²) in [4.78, 5) is 18.4. The quantitative estimate of drug-likeness (QED) is 0.837. The predicted molar refractivity (Wildman–Crippen MR) is 101 cm³/mol. The van der Waals surface area contributed by atoms with Crippen LogP contribution in [0.25, 0.3) is 0 Å². The second-order valence-electron chi connectivity index (χ2n) is 7.00. The summed E-state index contributed by atoms with van der Waals surface area (Å²) < 4.78 is 28.3. The Kier molecular flexibility index (Phi) is 6.07. The van der Waals surface area contributed by atoms with Crippen molar-refractivity contribution in [1.29, 1.82) is 0 Å². The number of carbonyl (C=O) groups excluding carboxylic acids is 1. The Morgan fingerprint density at radius 2 is 2.04 bits per heavy atom. The molecule has 144 valence electrons. The number of hydrogen-bond acceptors (Lipinski definition) is 3. The minimum Gasteiger partial charge on any atom is -0.338 e. The van der Waals surface area contributed by atoms with E-state index >= 15 is 4.39 Å². The molecule has 1 amide bonds. The van der Waals surface area contributed by atoms with E-state index in [0.717, 1.165) is 11.3 Å². The largest absolute Gasteiger partial charge is 0.338 e. The lowest BCUT2D eigenvalue weighted by atomic mass is 9.92. The van der Waals surface area contributed by atoms with Crippen LogP contribution in [0.1, 0.15) is 34.5 Å². The van der Waals surface area contributed by atoms with Gasteiger partial charge in [0.15, 0.2) is 0 Å². The fraction of sp³-hybridized carbons (Fsp3) is 0.400. The van der Waals surface area contributed by atoms with Crippen LogP contribution in [-0.4, -0.2) is 41.1 Å². The molecule has 1 aromatic heterocycles. The Hall–Kier alpha value is -2.05. The monoisotopic (exact) mass is 393 g/mol. The SMILES string of the molecule is Cc1ccc(CNCC2(F)CCN(C(=O)c3ccc(F)c(Cl)c3)CC2)nc1. The molecule has 1 aliphatic heterocycles. The molecule has 0 atom stereocenters. The highest BCUT2D eigenvalue weighted by Gasteiger charge is 2.35. The van der Waals surface area contributed by atoms with E-state index in [9.17, 15) is 9.18 Å². The van der Waals surface area contributed by atoms with Crippen molar-refractivity contribution in [1.82, 2.24) is 15.2 Å². The molecule has 3 rings (SSSR count). The van der Waals surface area contributed by atoms with Gasteiger partial charge in [0.05, 0.1) is 10.7 Å². The van der Waals surface area contributed by atoms with E-state index in [1.54, 1.807) is 11.1 Å². The van der Waals surface area contributed by atoms with E-state index in [1.165, 1.54) is 18.2 Å². The van der Waals surface area contributed by atoms with Crippen molar-refractivity contribution in [2.75, 3.05) is 19.6 Å². The maximum Gasteiger partial charge on any atom is 0.253 e. The summed E-state index contributed by atoms with van der Waals surface area (Å²) in [6.45, 7) is 3.31. The third-order valence-corrected chi connectivity index (χ3v) is 5.12. The molecule has 7 heteroatoms. The lowest BCUT2D eigenvalue weighted by molar-refractivity contribution is 0.0434. The van der Waals surface area contributed by atoms with Crippen LogP contribution < -0.4 is 5.32 Å². The minimum atomic E-state index is -1.36. The van der Waals surface area contributed by atoms with Gasteiger partial charge < -0.3 is 10.2 Å². The number of carbonyl (C=O) groups is 1. The number of alkyl halides is 1. The summed E-state index contributed by atoms with van der Waals surface area (Å²) in [5, 5.41) is 3.03. The van der Waals surface area contributed by atoms with E-state index in [1.807, 2.05) is 19.1 Å². The number of likely N-dealkylation sites (tertiary alicyclic amines) is 1. The molecule has 0 saturated carbocycles. The Bertz CT molecular complexity index is 805.